The van der Waals surface area contributed by atoms with Crippen molar-refractivity contribution in [1.29, 1.82) is 0 Å². The predicted octanol–water partition coefficient (Wildman–Crippen LogP) is 3.75. The summed E-state index contributed by atoms with van der Waals surface area (Å²) in [6.45, 7) is 5.52. The molecule has 1 aromatic heterocycles. The van der Waals surface area contributed by atoms with Gasteiger partial charge in [0.15, 0.2) is 16.6 Å². The molecule has 0 aromatic carbocycles. The Morgan fingerprint density at radius 3 is 2.67 bits per heavy atom. The Balaban J connectivity index is 2.10. The fourth-order valence-corrected chi connectivity index (χ4v) is 2.55. The standard InChI is InChI=1S/C13H25N3OS/c1-10(2)8-6-4-5-7-9-15-13-11(17-3)12(14)16-18-13/h10,15H,4-9H2,1-3H3,(H2,14,16). The molecule has 0 spiro atoms. The van der Waals surface area contributed by atoms with Crippen LogP contribution < -0.4 is 15.8 Å². The van der Waals surface area contributed by atoms with Crippen LogP contribution in [0.4, 0.5) is 10.8 Å². The third kappa shape index (κ3) is 5.12. The molecule has 0 aliphatic rings. The summed E-state index contributed by atoms with van der Waals surface area (Å²) in [4.78, 5) is 0. The van der Waals surface area contributed by atoms with Crippen molar-refractivity contribution in [3.63, 3.8) is 0 Å². The number of nitrogen functional groups attached to an aromatic ring is 1. The van der Waals surface area contributed by atoms with Gasteiger partial charge in [-0.1, -0.05) is 39.5 Å². The van der Waals surface area contributed by atoms with Crippen LogP contribution in [0.5, 0.6) is 5.75 Å². The van der Waals surface area contributed by atoms with Crippen molar-refractivity contribution < 1.29 is 4.74 Å². The highest BCUT2D eigenvalue weighted by Crippen LogP contribution is 2.34. The predicted molar refractivity (Wildman–Crippen MR) is 79.5 cm³/mol. The molecule has 0 saturated heterocycles. The molecular formula is C13H25N3OS. The smallest absolute Gasteiger partial charge is 0.197 e. The minimum Gasteiger partial charge on any atom is -0.490 e. The van der Waals surface area contributed by atoms with E-state index in [2.05, 4.69) is 23.5 Å². The molecule has 0 amide bonds. The molecule has 0 aliphatic heterocycles. The molecule has 1 aromatic rings. The number of aromatic nitrogens is 1. The molecule has 3 N–H and O–H groups in total. The number of ether oxygens (including phenoxy) is 1. The van der Waals surface area contributed by atoms with Gasteiger partial charge in [-0.15, -0.1) is 0 Å². The van der Waals surface area contributed by atoms with Gasteiger partial charge in [-0.05, 0) is 23.9 Å². The van der Waals surface area contributed by atoms with E-state index in [9.17, 15) is 0 Å². The molecule has 4 nitrogen and oxygen atoms in total. The summed E-state index contributed by atoms with van der Waals surface area (Å²) in [6, 6.07) is 0. The van der Waals surface area contributed by atoms with Crippen molar-refractivity contribution in [3.05, 3.63) is 0 Å². The van der Waals surface area contributed by atoms with Crippen LogP contribution in [0, 0.1) is 5.92 Å². The number of methoxy groups -OCH3 is 1. The second-order valence-electron chi connectivity index (χ2n) is 4.95. The number of unbranched alkanes of at least 4 members (excludes halogenated alkanes) is 3. The fraction of sp³-hybridized carbons (Fsp3) is 0.769. The molecule has 5 heteroatoms. The van der Waals surface area contributed by atoms with Crippen LogP contribution in [0.1, 0.15) is 46.0 Å². The van der Waals surface area contributed by atoms with Crippen LogP contribution in [0.2, 0.25) is 0 Å². The van der Waals surface area contributed by atoms with Crippen LogP contribution in [-0.4, -0.2) is 18.0 Å². The van der Waals surface area contributed by atoms with Crippen LogP contribution in [0.25, 0.3) is 0 Å². The number of nitrogens with one attached hydrogen (secondary N) is 1. The molecule has 18 heavy (non-hydrogen) atoms. The molecule has 0 unspecified atom stereocenters. The SMILES string of the molecule is COc1c(N)nsc1NCCCCCCC(C)C. The van der Waals surface area contributed by atoms with Crippen molar-refractivity contribution in [2.24, 2.45) is 5.92 Å². The van der Waals surface area contributed by atoms with E-state index in [-0.39, 0.29) is 0 Å². The van der Waals surface area contributed by atoms with Crippen molar-refractivity contribution in [3.8, 4) is 5.75 Å². The van der Waals surface area contributed by atoms with Crippen LogP contribution in [0.3, 0.4) is 0 Å². The summed E-state index contributed by atoms with van der Waals surface area (Å²) in [5.41, 5.74) is 5.68. The van der Waals surface area contributed by atoms with E-state index in [0.717, 1.165) is 17.5 Å². The Hall–Kier alpha value is -0.970. The highest BCUT2D eigenvalue weighted by atomic mass is 32.1. The van der Waals surface area contributed by atoms with Crippen LogP contribution in [0.15, 0.2) is 0 Å². The lowest BCUT2D eigenvalue weighted by Crippen LogP contribution is -2.01. The van der Waals surface area contributed by atoms with E-state index in [1.165, 1.54) is 43.6 Å². The Bertz CT molecular complexity index is 339. The van der Waals surface area contributed by atoms with Crippen LogP contribution >= 0.6 is 11.5 Å². The summed E-state index contributed by atoms with van der Waals surface area (Å²) in [5, 5.41) is 4.28. The summed E-state index contributed by atoms with van der Waals surface area (Å²) in [7, 11) is 1.62. The first-order chi connectivity index (χ1) is 8.65. The largest absolute Gasteiger partial charge is 0.490 e. The van der Waals surface area contributed by atoms with Gasteiger partial charge in [0.25, 0.3) is 0 Å². The summed E-state index contributed by atoms with van der Waals surface area (Å²) in [5.74, 6) is 1.98. The number of anilines is 2. The zero-order chi connectivity index (χ0) is 13.4. The number of hydrogen-bond donors (Lipinski definition) is 2. The maximum atomic E-state index is 5.68. The summed E-state index contributed by atoms with van der Waals surface area (Å²) < 4.78 is 9.27. The topological polar surface area (TPSA) is 60.2 Å². The van der Waals surface area contributed by atoms with E-state index in [1.54, 1.807) is 7.11 Å². The lowest BCUT2D eigenvalue weighted by molar-refractivity contribution is 0.419. The minimum absolute atomic E-state index is 0.474. The highest BCUT2D eigenvalue weighted by molar-refractivity contribution is 7.11. The Morgan fingerprint density at radius 1 is 1.28 bits per heavy atom. The molecule has 0 saturated carbocycles. The highest BCUT2D eigenvalue weighted by Gasteiger charge is 2.10. The average molecular weight is 271 g/mol. The van der Waals surface area contributed by atoms with Gasteiger partial charge in [0.2, 0.25) is 0 Å². The minimum atomic E-state index is 0.474. The van der Waals surface area contributed by atoms with Crippen LogP contribution in [-0.2, 0) is 0 Å². The molecule has 0 fully saturated rings. The quantitative estimate of drug-likeness (QED) is 0.671. The van der Waals surface area contributed by atoms with Crippen molar-refractivity contribution in [2.45, 2.75) is 46.0 Å². The van der Waals surface area contributed by atoms with Gasteiger partial charge in [-0.2, -0.15) is 4.37 Å². The molecule has 0 bridgehead atoms. The van der Waals surface area contributed by atoms with Gasteiger partial charge >= 0.3 is 0 Å². The molecule has 104 valence electrons. The Kier molecular flexibility index (Phi) is 6.86. The zero-order valence-electron chi connectivity index (χ0n) is 11.7. The first kappa shape index (κ1) is 15.1. The van der Waals surface area contributed by atoms with Gasteiger partial charge in [0.1, 0.15) is 0 Å². The van der Waals surface area contributed by atoms with E-state index >= 15 is 0 Å². The number of nitrogens with zero attached hydrogens (tertiary/aromatic N) is 1. The Labute approximate surface area is 114 Å². The van der Waals surface area contributed by atoms with E-state index in [1.807, 2.05) is 0 Å². The first-order valence-electron chi connectivity index (χ1n) is 6.68. The molecule has 0 aliphatic carbocycles. The van der Waals surface area contributed by atoms with Gasteiger partial charge in [0, 0.05) is 6.54 Å². The van der Waals surface area contributed by atoms with E-state index in [4.69, 9.17) is 10.5 Å². The zero-order valence-corrected chi connectivity index (χ0v) is 12.5. The van der Waals surface area contributed by atoms with Crippen molar-refractivity contribution in [1.82, 2.24) is 4.37 Å². The second-order valence-corrected chi connectivity index (χ2v) is 5.73. The Morgan fingerprint density at radius 2 is 2.00 bits per heavy atom. The van der Waals surface area contributed by atoms with E-state index in [0.29, 0.717) is 11.6 Å². The average Bonchev–Trinajstić information content (AvgIpc) is 2.68. The number of nitrogens with two attached hydrogens (primary N) is 1. The lowest BCUT2D eigenvalue weighted by atomic mass is 10.0. The second kappa shape index (κ2) is 8.19. The maximum Gasteiger partial charge on any atom is 0.197 e. The number of rotatable bonds is 9. The molecule has 1 rings (SSSR count). The monoisotopic (exact) mass is 271 g/mol. The molecule has 0 atom stereocenters. The first-order valence-corrected chi connectivity index (χ1v) is 7.45. The molecule has 1 heterocycles. The fourth-order valence-electron chi connectivity index (χ4n) is 1.84. The van der Waals surface area contributed by atoms with Gasteiger partial charge < -0.3 is 15.8 Å². The summed E-state index contributed by atoms with van der Waals surface area (Å²) >= 11 is 1.36. The van der Waals surface area contributed by atoms with E-state index < -0.39 is 0 Å². The van der Waals surface area contributed by atoms with Crippen molar-refractivity contribution >= 4 is 22.4 Å². The third-order valence-electron chi connectivity index (χ3n) is 2.87. The molecule has 0 radical (unpaired) electrons. The van der Waals surface area contributed by atoms with Gasteiger partial charge in [-0.3, -0.25) is 0 Å². The normalized spacial score (nSPS) is 10.9. The van der Waals surface area contributed by atoms with Crippen molar-refractivity contribution in [2.75, 3.05) is 24.7 Å². The third-order valence-corrected chi connectivity index (χ3v) is 3.67. The number of hydrogen-bond acceptors (Lipinski definition) is 5. The summed E-state index contributed by atoms with van der Waals surface area (Å²) in [6.07, 6.45) is 6.46. The lowest BCUT2D eigenvalue weighted by Gasteiger charge is -2.06. The van der Waals surface area contributed by atoms with Gasteiger partial charge in [0.05, 0.1) is 7.11 Å². The maximum absolute atomic E-state index is 5.68. The molecular weight excluding hydrogens is 246 g/mol. The van der Waals surface area contributed by atoms with Gasteiger partial charge in [-0.25, -0.2) is 0 Å².